The van der Waals surface area contributed by atoms with Gasteiger partial charge >= 0.3 is 0 Å². The largest absolute Gasteiger partial charge is 0.352 e. The molecular weight excluding hydrogens is 210 g/mol. The maximum atomic E-state index is 12.0. The van der Waals surface area contributed by atoms with Gasteiger partial charge in [-0.3, -0.25) is 4.79 Å². The third-order valence-electron chi connectivity index (χ3n) is 3.03. The van der Waals surface area contributed by atoms with Crippen molar-refractivity contribution in [2.24, 2.45) is 5.92 Å². The Labute approximate surface area is 102 Å². The van der Waals surface area contributed by atoms with Crippen LogP contribution in [0.15, 0.2) is 24.3 Å². The summed E-state index contributed by atoms with van der Waals surface area (Å²) in [6.07, 6.45) is 1.60. The molecule has 1 aromatic carbocycles. The summed E-state index contributed by atoms with van der Waals surface area (Å²) in [5.74, 6) is 0.609. The maximum absolute atomic E-state index is 12.0. The van der Waals surface area contributed by atoms with E-state index in [1.807, 2.05) is 18.2 Å². The number of carbonyl (C=O) groups excluding carboxylic acids is 1. The van der Waals surface area contributed by atoms with E-state index < -0.39 is 0 Å². The third kappa shape index (κ3) is 2.41. The Balaban J connectivity index is 2.41. The molecule has 1 N–H and O–H groups in total. The van der Waals surface area contributed by atoms with Gasteiger partial charge in [-0.2, -0.15) is 0 Å². The summed E-state index contributed by atoms with van der Waals surface area (Å²) in [6.45, 7) is 6.27. The van der Waals surface area contributed by atoms with Crippen molar-refractivity contribution < 1.29 is 4.79 Å². The van der Waals surface area contributed by atoms with E-state index in [1.165, 1.54) is 10.9 Å². The first-order valence-electron chi connectivity index (χ1n) is 6.25. The molecule has 0 atom stereocenters. The summed E-state index contributed by atoms with van der Waals surface area (Å²) in [5.41, 5.74) is 3.11. The quantitative estimate of drug-likeness (QED) is 0.791. The highest BCUT2D eigenvalue weighted by molar-refractivity contribution is 6.00. The number of ketones is 1. The van der Waals surface area contributed by atoms with Crippen LogP contribution in [0.3, 0.4) is 0 Å². The average Bonchev–Trinajstić information content (AvgIpc) is 2.71. The normalized spacial score (nSPS) is 11.3. The number of hydrogen-bond donors (Lipinski definition) is 1. The van der Waals surface area contributed by atoms with Gasteiger partial charge in [0.1, 0.15) is 0 Å². The van der Waals surface area contributed by atoms with Crippen LogP contribution in [0.25, 0.3) is 10.9 Å². The minimum absolute atomic E-state index is 0.207. The molecule has 90 valence electrons. The van der Waals surface area contributed by atoms with Gasteiger partial charge in [-0.05, 0) is 30.0 Å². The average molecular weight is 229 g/mol. The second-order valence-electron chi connectivity index (χ2n) is 4.94. The summed E-state index contributed by atoms with van der Waals surface area (Å²) in [5, 5.41) is 1.18. The Morgan fingerprint density at radius 2 is 2.12 bits per heavy atom. The Kier molecular flexibility index (Phi) is 3.32. The Hall–Kier alpha value is -1.57. The van der Waals surface area contributed by atoms with Crippen molar-refractivity contribution in [2.75, 3.05) is 0 Å². The van der Waals surface area contributed by atoms with E-state index in [2.05, 4.69) is 31.8 Å². The molecule has 2 heteroatoms. The van der Waals surface area contributed by atoms with Gasteiger partial charge < -0.3 is 4.98 Å². The summed E-state index contributed by atoms with van der Waals surface area (Å²) in [7, 11) is 0. The Morgan fingerprint density at radius 1 is 1.35 bits per heavy atom. The molecule has 0 spiro atoms. The van der Waals surface area contributed by atoms with Crippen molar-refractivity contribution in [1.82, 2.24) is 4.98 Å². The number of H-pyrrole nitrogens is 1. The van der Waals surface area contributed by atoms with Crippen molar-refractivity contribution in [3.63, 3.8) is 0 Å². The lowest BCUT2D eigenvalue weighted by atomic mass is 10.0. The SMILES string of the molecule is CCc1cccc2[nH]c(C(=O)CC(C)C)cc12. The maximum Gasteiger partial charge on any atom is 0.179 e. The predicted molar refractivity (Wildman–Crippen MR) is 71.5 cm³/mol. The molecule has 0 fully saturated rings. The first-order chi connectivity index (χ1) is 8.11. The van der Waals surface area contributed by atoms with Crippen LogP contribution in [0.5, 0.6) is 0 Å². The number of rotatable bonds is 4. The van der Waals surface area contributed by atoms with Crippen LogP contribution in [0.4, 0.5) is 0 Å². The fourth-order valence-electron chi connectivity index (χ4n) is 2.16. The standard InChI is InChI=1S/C15H19NO/c1-4-11-6-5-7-13-12(11)9-14(16-13)15(17)8-10(2)3/h5-7,9-10,16H,4,8H2,1-3H3. The molecule has 0 saturated heterocycles. The minimum atomic E-state index is 0.207. The summed E-state index contributed by atoms with van der Waals surface area (Å²) in [6, 6.07) is 8.18. The number of aryl methyl sites for hydroxylation is 1. The van der Waals surface area contributed by atoms with Crippen molar-refractivity contribution in [1.29, 1.82) is 0 Å². The number of hydrogen-bond acceptors (Lipinski definition) is 1. The fraction of sp³-hybridized carbons (Fsp3) is 0.400. The van der Waals surface area contributed by atoms with Gasteiger partial charge in [0.05, 0.1) is 5.69 Å². The van der Waals surface area contributed by atoms with E-state index in [1.54, 1.807) is 0 Å². The molecule has 0 aliphatic carbocycles. The van der Waals surface area contributed by atoms with Gasteiger partial charge in [-0.1, -0.05) is 32.9 Å². The number of aromatic amines is 1. The van der Waals surface area contributed by atoms with Crippen LogP contribution in [-0.2, 0) is 6.42 Å². The number of benzene rings is 1. The predicted octanol–water partition coefficient (Wildman–Crippen LogP) is 3.96. The number of Topliss-reactive ketones (excluding diaryl/α,β-unsaturated/α-hetero) is 1. The molecule has 0 radical (unpaired) electrons. The Bertz CT molecular complexity index is 537. The molecule has 2 nitrogen and oxygen atoms in total. The van der Waals surface area contributed by atoms with Crippen LogP contribution in [0.2, 0.25) is 0 Å². The van der Waals surface area contributed by atoms with Crippen molar-refractivity contribution in [2.45, 2.75) is 33.6 Å². The van der Waals surface area contributed by atoms with Crippen LogP contribution in [0, 0.1) is 5.92 Å². The van der Waals surface area contributed by atoms with E-state index in [0.717, 1.165) is 17.6 Å². The van der Waals surface area contributed by atoms with E-state index in [0.29, 0.717) is 12.3 Å². The lowest BCUT2D eigenvalue weighted by Crippen LogP contribution is -2.03. The fourth-order valence-corrected chi connectivity index (χ4v) is 2.16. The van der Waals surface area contributed by atoms with E-state index in [-0.39, 0.29) is 5.78 Å². The number of carbonyl (C=O) groups is 1. The molecule has 0 unspecified atom stereocenters. The van der Waals surface area contributed by atoms with Crippen LogP contribution in [0.1, 0.15) is 43.2 Å². The second-order valence-corrected chi connectivity index (χ2v) is 4.94. The van der Waals surface area contributed by atoms with Gasteiger partial charge in [0, 0.05) is 17.3 Å². The molecule has 0 saturated carbocycles. The number of aromatic nitrogens is 1. The lowest BCUT2D eigenvalue weighted by Gasteiger charge is -2.00. The van der Waals surface area contributed by atoms with Crippen LogP contribution in [-0.4, -0.2) is 10.8 Å². The molecule has 0 aliphatic rings. The van der Waals surface area contributed by atoms with Crippen molar-refractivity contribution in [3.8, 4) is 0 Å². The minimum Gasteiger partial charge on any atom is -0.352 e. The molecule has 0 bridgehead atoms. The molecule has 17 heavy (non-hydrogen) atoms. The smallest absolute Gasteiger partial charge is 0.179 e. The zero-order chi connectivity index (χ0) is 12.4. The zero-order valence-corrected chi connectivity index (χ0v) is 10.7. The Morgan fingerprint density at radius 3 is 2.76 bits per heavy atom. The first-order valence-corrected chi connectivity index (χ1v) is 6.25. The molecule has 2 rings (SSSR count). The highest BCUT2D eigenvalue weighted by atomic mass is 16.1. The van der Waals surface area contributed by atoms with Crippen LogP contribution < -0.4 is 0 Å². The zero-order valence-electron chi connectivity index (χ0n) is 10.7. The van der Waals surface area contributed by atoms with Gasteiger partial charge in [0.2, 0.25) is 0 Å². The van der Waals surface area contributed by atoms with Gasteiger partial charge in [0.15, 0.2) is 5.78 Å². The molecule has 0 amide bonds. The van der Waals surface area contributed by atoms with Gasteiger partial charge in [-0.25, -0.2) is 0 Å². The van der Waals surface area contributed by atoms with Crippen molar-refractivity contribution >= 4 is 16.7 Å². The number of fused-ring (bicyclic) bond motifs is 1. The lowest BCUT2D eigenvalue weighted by molar-refractivity contribution is 0.0964. The van der Waals surface area contributed by atoms with E-state index in [4.69, 9.17) is 0 Å². The first kappa shape index (κ1) is 11.9. The summed E-state index contributed by atoms with van der Waals surface area (Å²) < 4.78 is 0. The molecule has 0 aliphatic heterocycles. The highest BCUT2D eigenvalue weighted by Gasteiger charge is 2.12. The van der Waals surface area contributed by atoms with Gasteiger partial charge in [0.25, 0.3) is 0 Å². The highest BCUT2D eigenvalue weighted by Crippen LogP contribution is 2.21. The molecular formula is C15H19NO. The van der Waals surface area contributed by atoms with E-state index >= 15 is 0 Å². The second kappa shape index (κ2) is 4.74. The monoisotopic (exact) mass is 229 g/mol. The van der Waals surface area contributed by atoms with E-state index in [9.17, 15) is 4.79 Å². The summed E-state index contributed by atoms with van der Waals surface area (Å²) in [4.78, 5) is 15.2. The third-order valence-corrected chi connectivity index (χ3v) is 3.03. The summed E-state index contributed by atoms with van der Waals surface area (Å²) >= 11 is 0. The topological polar surface area (TPSA) is 32.9 Å². The molecule has 1 aromatic heterocycles. The number of nitrogens with one attached hydrogen (secondary N) is 1. The molecule has 1 heterocycles. The molecule has 2 aromatic rings. The van der Waals surface area contributed by atoms with Gasteiger partial charge in [-0.15, -0.1) is 0 Å². The van der Waals surface area contributed by atoms with Crippen molar-refractivity contribution in [3.05, 3.63) is 35.5 Å². The van der Waals surface area contributed by atoms with Crippen LogP contribution >= 0.6 is 0 Å².